The summed E-state index contributed by atoms with van der Waals surface area (Å²) in [5, 5.41) is 2.49. The van der Waals surface area contributed by atoms with Gasteiger partial charge in [0.25, 0.3) is 0 Å². The predicted molar refractivity (Wildman–Crippen MR) is 204 cm³/mol. The first-order valence-electron chi connectivity index (χ1n) is 16.4. The second-order valence-electron chi connectivity index (χ2n) is 12.4. The van der Waals surface area contributed by atoms with E-state index in [2.05, 4.69) is 158 Å². The van der Waals surface area contributed by atoms with Gasteiger partial charge in [0.1, 0.15) is 0 Å². The summed E-state index contributed by atoms with van der Waals surface area (Å²) in [5.74, 6) is 0. The maximum atomic E-state index is 15.4. The smallest absolute Gasteiger partial charge is 0.171 e. The second kappa shape index (κ2) is 11.5. The highest BCUT2D eigenvalue weighted by molar-refractivity contribution is 7.85. The average Bonchev–Trinajstić information content (AvgIpc) is 3.65. The standard InChI is InChI=1S/C46H31OP/c47-48(34-12-2-1-3-13-34,35-26-22-32(23-27-35)30-45-41-18-8-4-14-37(41)38-15-5-9-19-42(38)45)36-28-24-33(25-29-36)31-46-43-20-10-6-16-39(43)40-17-7-11-21-44(40)46/h1-31H. The molecule has 0 saturated heterocycles. The SMILES string of the molecule is O=P(c1ccccc1)(c1ccc(C=C2c3ccccc3-c3ccccc32)cc1)c1ccc(C=C2c3ccccc3-c3ccccc32)cc1. The van der Waals surface area contributed by atoms with Gasteiger partial charge < -0.3 is 4.57 Å². The Kier molecular flexibility index (Phi) is 6.82. The molecule has 0 aromatic heterocycles. The lowest BCUT2D eigenvalue weighted by Crippen LogP contribution is -2.25. The first-order valence-corrected chi connectivity index (χ1v) is 18.1. The minimum absolute atomic E-state index is 0.827. The van der Waals surface area contributed by atoms with Crippen LogP contribution in [-0.4, -0.2) is 0 Å². The maximum Gasteiger partial charge on any atom is 0.171 e. The minimum atomic E-state index is -3.14. The molecule has 0 fully saturated rings. The van der Waals surface area contributed by atoms with E-state index in [1.54, 1.807) is 0 Å². The molecule has 9 rings (SSSR count). The average molecular weight is 631 g/mol. The van der Waals surface area contributed by atoms with Gasteiger partial charge in [0.05, 0.1) is 0 Å². The Bertz CT molecular complexity index is 2200. The molecule has 0 heterocycles. The van der Waals surface area contributed by atoms with Gasteiger partial charge in [-0.25, -0.2) is 0 Å². The van der Waals surface area contributed by atoms with Gasteiger partial charge >= 0.3 is 0 Å². The molecule has 7 aromatic rings. The van der Waals surface area contributed by atoms with Gasteiger partial charge in [0.15, 0.2) is 7.14 Å². The maximum absolute atomic E-state index is 15.4. The van der Waals surface area contributed by atoms with E-state index in [-0.39, 0.29) is 0 Å². The van der Waals surface area contributed by atoms with Crippen molar-refractivity contribution in [3.8, 4) is 22.3 Å². The summed E-state index contributed by atoms with van der Waals surface area (Å²) in [5.41, 5.74) is 14.7. The van der Waals surface area contributed by atoms with Gasteiger partial charge in [-0.15, -0.1) is 0 Å². The molecule has 1 nitrogen and oxygen atoms in total. The molecule has 0 bridgehead atoms. The number of hydrogen-bond donors (Lipinski definition) is 0. The van der Waals surface area contributed by atoms with E-state index in [0.717, 1.165) is 27.0 Å². The van der Waals surface area contributed by atoms with E-state index >= 15 is 4.57 Å². The third-order valence-electron chi connectivity index (χ3n) is 9.70. The molecular formula is C46H31OP. The normalized spacial score (nSPS) is 12.6. The van der Waals surface area contributed by atoms with Crippen LogP contribution in [-0.2, 0) is 4.57 Å². The van der Waals surface area contributed by atoms with Crippen molar-refractivity contribution in [2.45, 2.75) is 0 Å². The summed E-state index contributed by atoms with van der Waals surface area (Å²) in [6.07, 6.45) is 4.51. The Morgan fingerprint density at radius 3 is 0.896 bits per heavy atom. The van der Waals surface area contributed by atoms with Crippen LogP contribution in [0.4, 0.5) is 0 Å². The molecule has 2 aliphatic rings. The predicted octanol–water partition coefficient (Wildman–Crippen LogP) is 10.5. The van der Waals surface area contributed by atoms with Gasteiger partial charge in [-0.1, -0.05) is 176 Å². The lowest BCUT2D eigenvalue weighted by molar-refractivity contribution is 0.592. The number of benzene rings is 7. The van der Waals surface area contributed by atoms with Crippen LogP contribution in [0.2, 0.25) is 0 Å². The first-order chi connectivity index (χ1) is 23.7. The Morgan fingerprint density at radius 2 is 0.562 bits per heavy atom. The van der Waals surface area contributed by atoms with E-state index in [1.807, 2.05) is 30.3 Å². The largest absolute Gasteiger partial charge is 0.309 e. The summed E-state index contributed by atoms with van der Waals surface area (Å²) in [6, 6.07) is 60.9. The van der Waals surface area contributed by atoms with Crippen LogP contribution in [0.5, 0.6) is 0 Å². The van der Waals surface area contributed by atoms with Crippen LogP contribution < -0.4 is 15.9 Å². The molecule has 0 aliphatic heterocycles. The van der Waals surface area contributed by atoms with Crippen molar-refractivity contribution in [1.82, 2.24) is 0 Å². The van der Waals surface area contributed by atoms with E-state index in [0.29, 0.717) is 0 Å². The fraction of sp³-hybridized carbons (Fsp3) is 0. The fourth-order valence-corrected chi connectivity index (χ4v) is 10.0. The summed E-state index contributed by atoms with van der Waals surface area (Å²) in [7, 11) is -3.14. The number of fused-ring (bicyclic) bond motifs is 6. The van der Waals surface area contributed by atoms with Crippen molar-refractivity contribution < 1.29 is 4.57 Å². The van der Waals surface area contributed by atoms with Crippen LogP contribution in [0.15, 0.2) is 176 Å². The van der Waals surface area contributed by atoms with Crippen LogP contribution in [0.25, 0.3) is 45.6 Å². The third kappa shape index (κ3) is 4.59. The molecule has 226 valence electrons. The molecule has 0 unspecified atom stereocenters. The van der Waals surface area contributed by atoms with Crippen molar-refractivity contribution >= 4 is 46.4 Å². The quantitative estimate of drug-likeness (QED) is 0.173. The molecule has 0 amide bonds. The van der Waals surface area contributed by atoms with Crippen molar-refractivity contribution in [2.75, 3.05) is 0 Å². The second-order valence-corrected chi connectivity index (χ2v) is 15.2. The minimum Gasteiger partial charge on any atom is -0.309 e. The zero-order valence-corrected chi connectivity index (χ0v) is 27.1. The molecule has 0 N–H and O–H groups in total. The zero-order valence-electron chi connectivity index (χ0n) is 26.3. The molecule has 0 atom stereocenters. The Balaban J connectivity index is 1.09. The highest BCUT2D eigenvalue weighted by Crippen LogP contribution is 2.47. The highest BCUT2D eigenvalue weighted by atomic mass is 31.2. The van der Waals surface area contributed by atoms with Crippen molar-refractivity contribution in [2.24, 2.45) is 0 Å². The molecule has 0 radical (unpaired) electrons. The summed E-state index contributed by atoms with van der Waals surface area (Å²) >= 11 is 0. The molecule has 2 aliphatic carbocycles. The van der Waals surface area contributed by atoms with Gasteiger partial charge in [-0.3, -0.25) is 0 Å². The molecular weight excluding hydrogens is 599 g/mol. The molecule has 48 heavy (non-hydrogen) atoms. The lowest BCUT2D eigenvalue weighted by atomic mass is 10.0. The first kappa shape index (κ1) is 28.5. The molecule has 0 spiro atoms. The van der Waals surface area contributed by atoms with Crippen molar-refractivity contribution in [1.29, 1.82) is 0 Å². The summed E-state index contributed by atoms with van der Waals surface area (Å²) in [4.78, 5) is 0. The van der Waals surface area contributed by atoms with E-state index in [4.69, 9.17) is 0 Å². The topological polar surface area (TPSA) is 17.1 Å². The number of hydrogen-bond acceptors (Lipinski definition) is 1. The third-order valence-corrected chi connectivity index (χ3v) is 12.8. The monoisotopic (exact) mass is 630 g/mol. The summed E-state index contributed by atoms with van der Waals surface area (Å²) < 4.78 is 15.4. The van der Waals surface area contributed by atoms with Crippen LogP contribution in [0.3, 0.4) is 0 Å². The fourth-order valence-electron chi connectivity index (χ4n) is 7.39. The van der Waals surface area contributed by atoms with E-state index in [1.165, 1.54) is 55.7 Å². The molecule has 2 heteroatoms. The van der Waals surface area contributed by atoms with Crippen molar-refractivity contribution in [3.63, 3.8) is 0 Å². The van der Waals surface area contributed by atoms with Gasteiger partial charge in [0, 0.05) is 15.9 Å². The van der Waals surface area contributed by atoms with Gasteiger partial charge in [0.2, 0.25) is 0 Å². The van der Waals surface area contributed by atoms with Crippen LogP contribution in [0.1, 0.15) is 33.4 Å². The Hall–Kier alpha value is -5.75. The van der Waals surface area contributed by atoms with E-state index in [9.17, 15) is 0 Å². The highest BCUT2D eigenvalue weighted by Gasteiger charge is 2.30. The number of rotatable bonds is 5. The van der Waals surface area contributed by atoms with Crippen molar-refractivity contribution in [3.05, 3.63) is 209 Å². The van der Waals surface area contributed by atoms with Crippen LogP contribution in [0, 0.1) is 0 Å². The lowest BCUT2D eigenvalue weighted by Gasteiger charge is -2.20. The Labute approximate surface area is 281 Å². The van der Waals surface area contributed by atoms with Gasteiger partial charge in [-0.2, -0.15) is 0 Å². The molecule has 0 saturated carbocycles. The zero-order chi connectivity index (χ0) is 32.1. The molecule has 7 aromatic carbocycles. The van der Waals surface area contributed by atoms with E-state index < -0.39 is 7.14 Å². The van der Waals surface area contributed by atoms with Gasteiger partial charge in [-0.05, 0) is 78.9 Å². The Morgan fingerprint density at radius 1 is 0.292 bits per heavy atom. The summed E-state index contributed by atoms with van der Waals surface area (Å²) in [6.45, 7) is 0. The van der Waals surface area contributed by atoms with Crippen LogP contribution >= 0.6 is 7.14 Å².